The standard InChI is InChI=1S/C13H17N3O5S/c1-9(2)15-8-10(6-13(15)17)14-22(20,21)12-5-3-4-11(7-12)16(18)19/h3-5,7,9-10,14H,6,8H2,1-2H3. The van der Waals surface area contributed by atoms with Gasteiger partial charge in [0, 0.05) is 37.2 Å². The minimum absolute atomic E-state index is 0.000170. The fraction of sp³-hybridized carbons (Fsp3) is 0.462. The molecule has 1 heterocycles. The number of non-ortho nitro benzene ring substituents is 1. The van der Waals surface area contributed by atoms with Gasteiger partial charge in [0.1, 0.15) is 0 Å². The van der Waals surface area contributed by atoms with Crippen LogP contribution >= 0.6 is 0 Å². The van der Waals surface area contributed by atoms with Gasteiger partial charge in [0.2, 0.25) is 15.9 Å². The Morgan fingerprint density at radius 2 is 2.09 bits per heavy atom. The third kappa shape index (κ3) is 3.42. The number of sulfonamides is 1. The van der Waals surface area contributed by atoms with E-state index < -0.39 is 21.0 Å². The molecule has 0 aliphatic carbocycles. The van der Waals surface area contributed by atoms with Gasteiger partial charge in [0.25, 0.3) is 5.69 Å². The number of hydrogen-bond donors (Lipinski definition) is 1. The molecule has 120 valence electrons. The van der Waals surface area contributed by atoms with Crippen LogP contribution in [0.25, 0.3) is 0 Å². The summed E-state index contributed by atoms with van der Waals surface area (Å²) in [4.78, 5) is 23.3. The average Bonchev–Trinajstić information content (AvgIpc) is 2.79. The molecule has 2 rings (SSSR count). The molecule has 1 N–H and O–H groups in total. The van der Waals surface area contributed by atoms with Gasteiger partial charge >= 0.3 is 0 Å². The van der Waals surface area contributed by atoms with E-state index in [9.17, 15) is 23.3 Å². The fourth-order valence-electron chi connectivity index (χ4n) is 2.36. The van der Waals surface area contributed by atoms with Crippen LogP contribution in [0.5, 0.6) is 0 Å². The highest BCUT2D eigenvalue weighted by molar-refractivity contribution is 7.89. The second-order valence-electron chi connectivity index (χ2n) is 5.42. The largest absolute Gasteiger partial charge is 0.339 e. The van der Waals surface area contributed by atoms with Crippen molar-refractivity contribution in [1.29, 1.82) is 0 Å². The predicted molar refractivity (Wildman–Crippen MR) is 78.7 cm³/mol. The normalized spacial score (nSPS) is 19.0. The maximum atomic E-state index is 12.3. The van der Waals surface area contributed by atoms with Crippen LogP contribution in [0.15, 0.2) is 29.2 Å². The minimum atomic E-state index is -3.91. The van der Waals surface area contributed by atoms with E-state index in [2.05, 4.69) is 4.72 Å². The molecule has 1 aromatic carbocycles. The number of nitro benzene ring substituents is 1. The molecule has 1 fully saturated rings. The highest BCUT2D eigenvalue weighted by Crippen LogP contribution is 2.20. The Labute approximate surface area is 128 Å². The Balaban J connectivity index is 2.17. The van der Waals surface area contributed by atoms with Crippen molar-refractivity contribution in [2.75, 3.05) is 6.54 Å². The topological polar surface area (TPSA) is 110 Å². The third-order valence-corrected chi connectivity index (χ3v) is 4.96. The molecule has 1 aliphatic rings. The number of carbonyl (C=O) groups excluding carboxylic acids is 1. The van der Waals surface area contributed by atoms with E-state index in [4.69, 9.17) is 0 Å². The van der Waals surface area contributed by atoms with E-state index in [1.807, 2.05) is 13.8 Å². The lowest BCUT2D eigenvalue weighted by Crippen LogP contribution is -2.38. The van der Waals surface area contributed by atoms with Gasteiger partial charge in [-0.05, 0) is 19.9 Å². The molecule has 1 unspecified atom stereocenters. The molecule has 0 aromatic heterocycles. The molecular formula is C13H17N3O5S. The first-order valence-corrected chi connectivity index (χ1v) is 8.25. The molecular weight excluding hydrogens is 310 g/mol. The fourth-order valence-corrected chi connectivity index (χ4v) is 3.63. The van der Waals surface area contributed by atoms with Gasteiger partial charge in [0.05, 0.1) is 9.82 Å². The van der Waals surface area contributed by atoms with Gasteiger partial charge < -0.3 is 4.90 Å². The summed E-state index contributed by atoms with van der Waals surface area (Å²) in [5.41, 5.74) is -0.297. The third-order valence-electron chi connectivity index (χ3n) is 3.44. The van der Waals surface area contributed by atoms with Gasteiger partial charge in [-0.2, -0.15) is 0 Å². The maximum absolute atomic E-state index is 12.3. The number of nitro groups is 1. The van der Waals surface area contributed by atoms with Crippen molar-refractivity contribution in [3.8, 4) is 0 Å². The van der Waals surface area contributed by atoms with Crippen molar-refractivity contribution in [3.63, 3.8) is 0 Å². The quantitative estimate of drug-likeness (QED) is 0.638. The first-order chi connectivity index (χ1) is 10.2. The lowest BCUT2D eigenvalue weighted by molar-refractivity contribution is -0.385. The summed E-state index contributed by atoms with van der Waals surface area (Å²) in [6.07, 6.45) is 0.0896. The molecule has 0 bridgehead atoms. The van der Waals surface area contributed by atoms with Crippen molar-refractivity contribution in [2.24, 2.45) is 0 Å². The number of likely N-dealkylation sites (tertiary alicyclic amines) is 1. The van der Waals surface area contributed by atoms with E-state index in [0.717, 1.165) is 6.07 Å². The highest BCUT2D eigenvalue weighted by Gasteiger charge is 2.34. The zero-order valence-corrected chi connectivity index (χ0v) is 13.0. The van der Waals surface area contributed by atoms with E-state index in [-0.39, 0.29) is 29.0 Å². The van der Waals surface area contributed by atoms with Gasteiger partial charge in [-0.1, -0.05) is 6.07 Å². The number of carbonyl (C=O) groups is 1. The van der Waals surface area contributed by atoms with Crippen molar-refractivity contribution in [2.45, 2.75) is 37.2 Å². The van der Waals surface area contributed by atoms with Crippen LogP contribution < -0.4 is 4.72 Å². The highest BCUT2D eigenvalue weighted by atomic mass is 32.2. The summed E-state index contributed by atoms with van der Waals surface area (Å²) in [6.45, 7) is 4.01. The van der Waals surface area contributed by atoms with Crippen molar-refractivity contribution in [1.82, 2.24) is 9.62 Å². The molecule has 0 radical (unpaired) electrons. The van der Waals surface area contributed by atoms with Gasteiger partial charge in [0.15, 0.2) is 0 Å². The summed E-state index contributed by atoms with van der Waals surface area (Å²) in [7, 11) is -3.91. The van der Waals surface area contributed by atoms with Crippen molar-refractivity contribution < 1.29 is 18.1 Å². The first-order valence-electron chi connectivity index (χ1n) is 6.77. The molecule has 1 atom stereocenters. The number of rotatable bonds is 5. The molecule has 1 aliphatic heterocycles. The lowest BCUT2D eigenvalue weighted by Gasteiger charge is -2.21. The van der Waals surface area contributed by atoms with Crippen LogP contribution in [0, 0.1) is 10.1 Å². The predicted octanol–water partition coefficient (Wildman–Crippen LogP) is 0.882. The zero-order valence-electron chi connectivity index (χ0n) is 12.2. The number of hydrogen-bond acceptors (Lipinski definition) is 5. The van der Waals surface area contributed by atoms with Crippen LogP contribution in [0.3, 0.4) is 0 Å². The van der Waals surface area contributed by atoms with Crippen LogP contribution in [0.2, 0.25) is 0 Å². The summed E-state index contributed by atoms with van der Waals surface area (Å²) in [5, 5.41) is 10.7. The second-order valence-corrected chi connectivity index (χ2v) is 7.13. The number of nitrogens with zero attached hydrogens (tertiary/aromatic N) is 2. The molecule has 1 saturated heterocycles. The van der Waals surface area contributed by atoms with Crippen LogP contribution in [-0.4, -0.2) is 42.8 Å². The number of nitrogens with one attached hydrogen (secondary N) is 1. The average molecular weight is 327 g/mol. The van der Waals surface area contributed by atoms with Crippen LogP contribution in [-0.2, 0) is 14.8 Å². The van der Waals surface area contributed by atoms with Gasteiger partial charge in [-0.15, -0.1) is 0 Å². The van der Waals surface area contributed by atoms with E-state index in [0.29, 0.717) is 6.54 Å². The minimum Gasteiger partial charge on any atom is -0.339 e. The van der Waals surface area contributed by atoms with Gasteiger partial charge in [-0.25, -0.2) is 13.1 Å². The summed E-state index contributed by atoms with van der Waals surface area (Å²) in [5.74, 6) is -0.109. The molecule has 1 amide bonds. The van der Waals surface area contributed by atoms with Crippen molar-refractivity contribution in [3.05, 3.63) is 34.4 Å². The van der Waals surface area contributed by atoms with Gasteiger partial charge in [-0.3, -0.25) is 14.9 Å². The smallest absolute Gasteiger partial charge is 0.270 e. The molecule has 0 spiro atoms. The Morgan fingerprint density at radius 3 is 2.64 bits per heavy atom. The first kappa shape index (κ1) is 16.4. The van der Waals surface area contributed by atoms with Crippen molar-refractivity contribution >= 4 is 21.6 Å². The van der Waals surface area contributed by atoms with E-state index >= 15 is 0 Å². The summed E-state index contributed by atoms with van der Waals surface area (Å²) in [6, 6.07) is 4.29. The molecule has 8 nitrogen and oxygen atoms in total. The van der Waals surface area contributed by atoms with Crippen LogP contribution in [0.4, 0.5) is 5.69 Å². The monoisotopic (exact) mass is 327 g/mol. The lowest BCUT2D eigenvalue weighted by atomic mass is 10.3. The number of benzene rings is 1. The van der Waals surface area contributed by atoms with E-state index in [1.54, 1.807) is 4.90 Å². The maximum Gasteiger partial charge on any atom is 0.270 e. The SMILES string of the molecule is CC(C)N1CC(NS(=O)(=O)c2cccc([N+](=O)[O-])c2)CC1=O. The zero-order chi connectivity index (χ0) is 16.5. The Kier molecular flexibility index (Phi) is 4.47. The Hall–Kier alpha value is -2.00. The summed E-state index contributed by atoms with van der Waals surface area (Å²) < 4.78 is 27.0. The van der Waals surface area contributed by atoms with E-state index in [1.165, 1.54) is 18.2 Å². The molecule has 22 heavy (non-hydrogen) atoms. The molecule has 1 aromatic rings. The Bertz CT molecular complexity index is 701. The summed E-state index contributed by atoms with van der Waals surface area (Å²) >= 11 is 0. The van der Waals surface area contributed by atoms with Crippen LogP contribution in [0.1, 0.15) is 20.3 Å². The molecule has 0 saturated carbocycles. The Morgan fingerprint density at radius 1 is 1.41 bits per heavy atom. The number of amides is 1. The molecule has 9 heteroatoms. The second kappa shape index (κ2) is 6.01.